The Morgan fingerprint density at radius 3 is 1.61 bits per heavy atom. The second-order valence-corrected chi connectivity index (χ2v) is 5.69. The van der Waals surface area contributed by atoms with Gasteiger partial charge in [0, 0.05) is 11.1 Å². The van der Waals surface area contributed by atoms with Crippen molar-refractivity contribution >= 4 is 23.9 Å². The third kappa shape index (κ3) is 15.6. The molecule has 0 rings (SSSR count). The lowest BCUT2D eigenvalue weighted by Gasteiger charge is -2.07. The number of rotatable bonds is 12. The molecule has 0 aromatic heterocycles. The summed E-state index contributed by atoms with van der Waals surface area (Å²) < 4.78 is 18.5. The summed E-state index contributed by atoms with van der Waals surface area (Å²) in [6, 6.07) is 0. The third-order valence-electron chi connectivity index (χ3n) is 3.20. The second-order valence-electron chi connectivity index (χ2n) is 5.69. The molecule has 0 atom stereocenters. The van der Waals surface area contributed by atoms with Crippen LogP contribution in [0.2, 0.25) is 0 Å². The molecule has 0 amide bonds. The molecule has 0 aromatic rings. The van der Waals surface area contributed by atoms with E-state index in [2.05, 4.69) is 22.6 Å². The highest BCUT2D eigenvalue weighted by Gasteiger charge is 2.14. The first-order valence-corrected chi connectivity index (χ1v) is 9.06. The Balaban J connectivity index is 0. The van der Waals surface area contributed by atoms with Crippen LogP contribution in [0.3, 0.4) is 0 Å². The van der Waals surface area contributed by atoms with Crippen LogP contribution >= 0.6 is 0 Å². The molecular formula is C20H32O8. The van der Waals surface area contributed by atoms with Crippen molar-refractivity contribution in [3.05, 3.63) is 24.3 Å². The fraction of sp³-hybridized carbons (Fsp3) is 0.600. The quantitative estimate of drug-likeness (QED) is 0.213. The standard InChI is InChI=1S/C13H22O4.C7H10O4/c1-4-6-8-16-12(14)10-11(3)13(15)17-9-7-5-2;1-5(7(9)11-3)4-6(8)10-2/h3-10H2,1-2H3;1,4H2,2-3H3. The van der Waals surface area contributed by atoms with Crippen molar-refractivity contribution in [1.29, 1.82) is 0 Å². The van der Waals surface area contributed by atoms with Crippen molar-refractivity contribution < 1.29 is 38.1 Å². The van der Waals surface area contributed by atoms with Crippen LogP contribution in [-0.2, 0) is 38.1 Å². The monoisotopic (exact) mass is 400 g/mol. The SMILES string of the molecule is C=C(CC(=O)OC)C(=O)OC.C=C(CC(=O)OCCCC)C(=O)OCCCC. The van der Waals surface area contributed by atoms with Crippen molar-refractivity contribution in [2.75, 3.05) is 27.4 Å². The number of esters is 4. The Morgan fingerprint density at radius 1 is 0.679 bits per heavy atom. The van der Waals surface area contributed by atoms with Crippen molar-refractivity contribution in [3.63, 3.8) is 0 Å². The minimum atomic E-state index is -0.588. The van der Waals surface area contributed by atoms with Crippen LogP contribution in [-0.4, -0.2) is 51.3 Å². The molecule has 0 N–H and O–H groups in total. The summed E-state index contributed by atoms with van der Waals surface area (Å²) in [5.41, 5.74) is 0.252. The molecule has 0 heterocycles. The summed E-state index contributed by atoms with van der Waals surface area (Å²) in [6.45, 7) is 11.7. The van der Waals surface area contributed by atoms with Crippen LogP contribution in [0.1, 0.15) is 52.4 Å². The number of hydrogen-bond donors (Lipinski definition) is 0. The van der Waals surface area contributed by atoms with Crippen molar-refractivity contribution in [3.8, 4) is 0 Å². The molecule has 8 heteroatoms. The van der Waals surface area contributed by atoms with Crippen molar-refractivity contribution in [2.45, 2.75) is 52.4 Å². The Hall–Kier alpha value is -2.64. The average molecular weight is 400 g/mol. The summed E-state index contributed by atoms with van der Waals surface area (Å²) in [5.74, 6) is -2.02. The van der Waals surface area contributed by atoms with Gasteiger partial charge in [-0.15, -0.1) is 0 Å². The van der Waals surface area contributed by atoms with Gasteiger partial charge in [-0.05, 0) is 12.8 Å². The summed E-state index contributed by atoms with van der Waals surface area (Å²) in [4.78, 5) is 43.8. The maximum Gasteiger partial charge on any atom is 0.333 e. The highest BCUT2D eigenvalue weighted by atomic mass is 16.5. The van der Waals surface area contributed by atoms with Crippen molar-refractivity contribution in [2.24, 2.45) is 0 Å². The van der Waals surface area contributed by atoms with E-state index >= 15 is 0 Å². The smallest absolute Gasteiger partial charge is 0.333 e. The first-order chi connectivity index (χ1) is 13.2. The first kappa shape index (κ1) is 27.6. The minimum Gasteiger partial charge on any atom is -0.469 e. The molecular weight excluding hydrogens is 368 g/mol. The largest absolute Gasteiger partial charge is 0.469 e. The molecule has 0 aromatic carbocycles. The molecule has 0 aliphatic heterocycles. The van der Waals surface area contributed by atoms with Gasteiger partial charge in [-0.3, -0.25) is 9.59 Å². The van der Waals surface area contributed by atoms with Gasteiger partial charge in [0.15, 0.2) is 0 Å². The van der Waals surface area contributed by atoms with Gasteiger partial charge >= 0.3 is 23.9 Å². The van der Waals surface area contributed by atoms with Gasteiger partial charge in [-0.1, -0.05) is 39.8 Å². The van der Waals surface area contributed by atoms with Gasteiger partial charge in [-0.2, -0.15) is 0 Å². The fourth-order valence-corrected chi connectivity index (χ4v) is 1.50. The number of carbonyl (C=O) groups is 4. The predicted octanol–water partition coefficient (Wildman–Crippen LogP) is 2.90. The molecule has 0 saturated carbocycles. The van der Waals surface area contributed by atoms with E-state index < -0.39 is 23.9 Å². The van der Waals surface area contributed by atoms with Gasteiger partial charge in [0.25, 0.3) is 0 Å². The maximum absolute atomic E-state index is 11.4. The third-order valence-corrected chi connectivity index (χ3v) is 3.20. The van der Waals surface area contributed by atoms with Crippen LogP contribution in [0.5, 0.6) is 0 Å². The van der Waals surface area contributed by atoms with Crippen LogP contribution < -0.4 is 0 Å². The molecule has 28 heavy (non-hydrogen) atoms. The van der Waals surface area contributed by atoms with Gasteiger partial charge in [0.05, 0.1) is 40.3 Å². The van der Waals surface area contributed by atoms with Gasteiger partial charge < -0.3 is 18.9 Å². The Bertz CT molecular complexity index is 536. The molecule has 0 unspecified atom stereocenters. The van der Waals surface area contributed by atoms with E-state index in [0.717, 1.165) is 25.7 Å². The van der Waals surface area contributed by atoms with E-state index in [4.69, 9.17) is 9.47 Å². The fourth-order valence-electron chi connectivity index (χ4n) is 1.50. The zero-order valence-electron chi connectivity index (χ0n) is 17.3. The van der Waals surface area contributed by atoms with Crippen LogP contribution in [0.25, 0.3) is 0 Å². The number of carbonyl (C=O) groups excluding carboxylic acids is 4. The van der Waals surface area contributed by atoms with Gasteiger partial charge in [-0.25, -0.2) is 9.59 Å². The topological polar surface area (TPSA) is 105 Å². The van der Waals surface area contributed by atoms with Crippen LogP contribution in [0, 0.1) is 0 Å². The Kier molecular flexibility index (Phi) is 17.5. The number of hydrogen-bond acceptors (Lipinski definition) is 8. The molecule has 0 fully saturated rings. The van der Waals surface area contributed by atoms with Crippen LogP contribution in [0.15, 0.2) is 24.3 Å². The van der Waals surface area contributed by atoms with E-state index in [-0.39, 0.29) is 24.0 Å². The van der Waals surface area contributed by atoms with E-state index in [1.165, 1.54) is 14.2 Å². The molecule has 0 saturated heterocycles. The molecule has 0 aliphatic rings. The number of ether oxygens (including phenoxy) is 4. The predicted molar refractivity (Wildman–Crippen MR) is 103 cm³/mol. The lowest BCUT2D eigenvalue weighted by atomic mass is 10.2. The maximum atomic E-state index is 11.4. The van der Waals surface area contributed by atoms with Gasteiger partial charge in [0.2, 0.25) is 0 Å². The minimum absolute atomic E-state index is 0.0886. The second kappa shape index (κ2) is 17.8. The summed E-state index contributed by atoms with van der Waals surface area (Å²) in [6.07, 6.45) is 3.36. The lowest BCUT2D eigenvalue weighted by molar-refractivity contribution is -0.146. The summed E-state index contributed by atoms with van der Waals surface area (Å²) >= 11 is 0. The first-order valence-electron chi connectivity index (χ1n) is 9.06. The zero-order chi connectivity index (χ0) is 21.9. The Labute approximate surface area is 166 Å². The molecule has 0 radical (unpaired) electrons. The highest BCUT2D eigenvalue weighted by molar-refractivity contribution is 5.93. The normalized spacial score (nSPS) is 9.29. The van der Waals surface area contributed by atoms with Crippen LogP contribution in [0.4, 0.5) is 0 Å². The van der Waals surface area contributed by atoms with E-state index in [0.29, 0.717) is 13.2 Å². The lowest BCUT2D eigenvalue weighted by Crippen LogP contribution is -2.13. The molecule has 0 aliphatic carbocycles. The van der Waals surface area contributed by atoms with E-state index in [1.54, 1.807) is 0 Å². The molecule has 0 bridgehead atoms. The number of unbranched alkanes of at least 4 members (excludes halogenated alkanes) is 2. The van der Waals surface area contributed by atoms with E-state index in [9.17, 15) is 19.2 Å². The summed E-state index contributed by atoms with van der Waals surface area (Å²) in [7, 11) is 2.47. The highest BCUT2D eigenvalue weighted by Crippen LogP contribution is 2.04. The Morgan fingerprint density at radius 2 is 1.14 bits per heavy atom. The molecule has 0 spiro atoms. The number of methoxy groups -OCH3 is 2. The average Bonchev–Trinajstić information content (AvgIpc) is 2.67. The zero-order valence-corrected chi connectivity index (χ0v) is 17.3. The summed E-state index contributed by atoms with van der Waals surface area (Å²) in [5, 5.41) is 0. The van der Waals surface area contributed by atoms with Crippen molar-refractivity contribution in [1.82, 2.24) is 0 Å². The van der Waals surface area contributed by atoms with Gasteiger partial charge in [0.1, 0.15) is 0 Å². The van der Waals surface area contributed by atoms with E-state index in [1.807, 2.05) is 13.8 Å². The molecule has 8 nitrogen and oxygen atoms in total. The molecule has 160 valence electrons.